The number of fused-ring (bicyclic) bond motifs is 1. The molecule has 2 aromatic rings. The molecule has 2 aromatic heterocycles. The highest BCUT2D eigenvalue weighted by Crippen LogP contribution is 2.24. The molecule has 0 bridgehead atoms. The SMILES string of the molecule is CCC(C)c1nc(C)c2ccsc2n1. The topological polar surface area (TPSA) is 25.8 Å². The zero-order chi connectivity index (χ0) is 10.1. The maximum absolute atomic E-state index is 4.57. The Hall–Kier alpha value is -0.960. The minimum absolute atomic E-state index is 0.459. The molecule has 0 saturated heterocycles. The van der Waals surface area contributed by atoms with Crippen molar-refractivity contribution in [3.63, 3.8) is 0 Å². The van der Waals surface area contributed by atoms with Crippen molar-refractivity contribution in [1.82, 2.24) is 9.97 Å². The highest BCUT2D eigenvalue weighted by atomic mass is 32.1. The summed E-state index contributed by atoms with van der Waals surface area (Å²) >= 11 is 1.69. The van der Waals surface area contributed by atoms with Crippen LogP contribution in [0.5, 0.6) is 0 Å². The molecule has 1 unspecified atom stereocenters. The van der Waals surface area contributed by atoms with Crippen molar-refractivity contribution in [1.29, 1.82) is 0 Å². The molecule has 0 amide bonds. The molecule has 0 N–H and O–H groups in total. The third-order valence-electron chi connectivity index (χ3n) is 2.59. The summed E-state index contributed by atoms with van der Waals surface area (Å²) in [7, 11) is 0. The largest absolute Gasteiger partial charge is 0.237 e. The Morgan fingerprint density at radius 1 is 1.43 bits per heavy atom. The molecule has 3 heteroatoms. The van der Waals surface area contributed by atoms with Crippen LogP contribution in [0, 0.1) is 6.92 Å². The summed E-state index contributed by atoms with van der Waals surface area (Å²) < 4.78 is 0. The predicted octanol–water partition coefficient (Wildman–Crippen LogP) is 3.51. The van der Waals surface area contributed by atoms with Gasteiger partial charge < -0.3 is 0 Å². The van der Waals surface area contributed by atoms with Gasteiger partial charge in [0.05, 0.1) is 0 Å². The summed E-state index contributed by atoms with van der Waals surface area (Å²) in [4.78, 5) is 10.2. The molecule has 2 rings (SSSR count). The Morgan fingerprint density at radius 2 is 2.21 bits per heavy atom. The summed E-state index contributed by atoms with van der Waals surface area (Å²) in [5.74, 6) is 1.44. The normalized spacial score (nSPS) is 13.4. The van der Waals surface area contributed by atoms with Gasteiger partial charge in [0, 0.05) is 17.0 Å². The van der Waals surface area contributed by atoms with Crippen LogP contribution in [-0.4, -0.2) is 9.97 Å². The lowest BCUT2D eigenvalue weighted by molar-refractivity contribution is 0.680. The van der Waals surface area contributed by atoms with E-state index in [0.717, 1.165) is 22.8 Å². The van der Waals surface area contributed by atoms with E-state index in [9.17, 15) is 0 Å². The van der Waals surface area contributed by atoms with Crippen molar-refractivity contribution in [2.24, 2.45) is 0 Å². The molecule has 14 heavy (non-hydrogen) atoms. The lowest BCUT2D eigenvalue weighted by Crippen LogP contribution is -2.00. The molecule has 0 aromatic carbocycles. The van der Waals surface area contributed by atoms with Gasteiger partial charge in [0.2, 0.25) is 0 Å². The summed E-state index contributed by atoms with van der Waals surface area (Å²) in [6.07, 6.45) is 1.09. The summed E-state index contributed by atoms with van der Waals surface area (Å²) in [5.41, 5.74) is 1.10. The molecule has 0 spiro atoms. The first-order valence-electron chi connectivity index (χ1n) is 4.94. The van der Waals surface area contributed by atoms with Gasteiger partial charge in [-0.2, -0.15) is 0 Å². The third-order valence-corrected chi connectivity index (χ3v) is 3.39. The number of rotatable bonds is 2. The Bertz CT molecular complexity index is 447. The molecule has 0 aliphatic carbocycles. The maximum Gasteiger partial charge on any atom is 0.133 e. The second-order valence-electron chi connectivity index (χ2n) is 3.62. The minimum Gasteiger partial charge on any atom is -0.237 e. The molecule has 74 valence electrons. The van der Waals surface area contributed by atoms with E-state index in [1.807, 2.05) is 0 Å². The van der Waals surface area contributed by atoms with E-state index in [4.69, 9.17) is 0 Å². The van der Waals surface area contributed by atoms with Crippen molar-refractivity contribution in [3.8, 4) is 0 Å². The molecule has 0 fully saturated rings. The van der Waals surface area contributed by atoms with Crippen LogP contribution in [-0.2, 0) is 0 Å². The molecule has 0 aliphatic rings. The number of thiophene rings is 1. The van der Waals surface area contributed by atoms with Gasteiger partial charge in [-0.05, 0) is 24.8 Å². The van der Waals surface area contributed by atoms with Gasteiger partial charge >= 0.3 is 0 Å². The first-order valence-corrected chi connectivity index (χ1v) is 5.82. The second kappa shape index (κ2) is 3.65. The quantitative estimate of drug-likeness (QED) is 0.751. The van der Waals surface area contributed by atoms with Gasteiger partial charge in [0.25, 0.3) is 0 Å². The van der Waals surface area contributed by atoms with Crippen LogP contribution in [0.15, 0.2) is 11.4 Å². The molecule has 1 atom stereocenters. The highest BCUT2D eigenvalue weighted by molar-refractivity contribution is 7.16. The Balaban J connectivity index is 2.58. The van der Waals surface area contributed by atoms with Crippen molar-refractivity contribution in [2.75, 3.05) is 0 Å². The highest BCUT2D eigenvalue weighted by Gasteiger charge is 2.10. The zero-order valence-electron chi connectivity index (χ0n) is 8.74. The number of hydrogen-bond acceptors (Lipinski definition) is 3. The minimum atomic E-state index is 0.459. The first kappa shape index (κ1) is 9.59. The summed E-state index contributed by atoms with van der Waals surface area (Å²) in [5, 5.41) is 3.27. The van der Waals surface area contributed by atoms with Crippen LogP contribution >= 0.6 is 11.3 Å². The van der Waals surface area contributed by atoms with Crippen LogP contribution in [0.2, 0.25) is 0 Å². The second-order valence-corrected chi connectivity index (χ2v) is 4.51. The van der Waals surface area contributed by atoms with Crippen LogP contribution < -0.4 is 0 Å². The number of nitrogens with zero attached hydrogens (tertiary/aromatic N) is 2. The number of aromatic nitrogens is 2. The van der Waals surface area contributed by atoms with E-state index in [-0.39, 0.29) is 0 Å². The molecule has 0 saturated carbocycles. The Kier molecular flexibility index (Phi) is 2.50. The molecular formula is C11H14N2S. The number of aryl methyl sites for hydroxylation is 1. The van der Waals surface area contributed by atoms with E-state index in [0.29, 0.717) is 5.92 Å². The molecule has 0 aliphatic heterocycles. The van der Waals surface area contributed by atoms with Crippen LogP contribution in [0.1, 0.15) is 37.7 Å². The van der Waals surface area contributed by atoms with Gasteiger partial charge in [-0.15, -0.1) is 11.3 Å². The van der Waals surface area contributed by atoms with Gasteiger partial charge in [-0.3, -0.25) is 0 Å². The zero-order valence-corrected chi connectivity index (χ0v) is 9.56. The van der Waals surface area contributed by atoms with Crippen molar-refractivity contribution >= 4 is 21.6 Å². The van der Waals surface area contributed by atoms with Gasteiger partial charge in [-0.25, -0.2) is 9.97 Å². The van der Waals surface area contributed by atoms with E-state index in [1.165, 1.54) is 5.39 Å². The van der Waals surface area contributed by atoms with Crippen LogP contribution in [0.4, 0.5) is 0 Å². The lowest BCUT2D eigenvalue weighted by atomic mass is 10.1. The van der Waals surface area contributed by atoms with Gasteiger partial charge in [0.1, 0.15) is 10.7 Å². The average Bonchev–Trinajstić information content (AvgIpc) is 2.64. The van der Waals surface area contributed by atoms with E-state index < -0.39 is 0 Å². The average molecular weight is 206 g/mol. The van der Waals surface area contributed by atoms with Crippen molar-refractivity contribution < 1.29 is 0 Å². The lowest BCUT2D eigenvalue weighted by Gasteiger charge is -2.07. The van der Waals surface area contributed by atoms with E-state index >= 15 is 0 Å². The van der Waals surface area contributed by atoms with Crippen LogP contribution in [0.3, 0.4) is 0 Å². The predicted molar refractivity (Wildman–Crippen MR) is 60.9 cm³/mol. The fraction of sp³-hybridized carbons (Fsp3) is 0.455. The van der Waals surface area contributed by atoms with E-state index in [2.05, 4.69) is 42.2 Å². The fourth-order valence-corrected chi connectivity index (χ4v) is 2.25. The smallest absolute Gasteiger partial charge is 0.133 e. The third kappa shape index (κ3) is 1.52. The summed E-state index contributed by atoms with van der Waals surface area (Å²) in [6, 6.07) is 2.09. The fourth-order valence-electron chi connectivity index (χ4n) is 1.43. The first-order chi connectivity index (χ1) is 6.72. The summed E-state index contributed by atoms with van der Waals surface area (Å²) in [6.45, 7) is 6.40. The van der Waals surface area contributed by atoms with Gasteiger partial charge in [-0.1, -0.05) is 13.8 Å². The molecular weight excluding hydrogens is 192 g/mol. The molecule has 2 heterocycles. The van der Waals surface area contributed by atoms with E-state index in [1.54, 1.807) is 11.3 Å². The monoisotopic (exact) mass is 206 g/mol. The standard InChI is InChI=1S/C11H14N2S/c1-4-7(2)10-12-8(3)9-5-6-14-11(9)13-10/h5-7H,4H2,1-3H3. The van der Waals surface area contributed by atoms with Crippen LogP contribution in [0.25, 0.3) is 10.2 Å². The number of hydrogen-bond donors (Lipinski definition) is 0. The molecule has 0 radical (unpaired) electrons. The van der Waals surface area contributed by atoms with Crippen molar-refractivity contribution in [2.45, 2.75) is 33.1 Å². The maximum atomic E-state index is 4.57. The Morgan fingerprint density at radius 3 is 2.93 bits per heavy atom. The van der Waals surface area contributed by atoms with Crippen molar-refractivity contribution in [3.05, 3.63) is 23.0 Å². The Labute approximate surface area is 88.0 Å². The van der Waals surface area contributed by atoms with Gasteiger partial charge in [0.15, 0.2) is 0 Å². The molecule has 2 nitrogen and oxygen atoms in total.